The van der Waals surface area contributed by atoms with Gasteiger partial charge in [0.1, 0.15) is 17.0 Å². The summed E-state index contributed by atoms with van der Waals surface area (Å²) >= 11 is 0. The highest BCUT2D eigenvalue weighted by Crippen LogP contribution is 2.37. The predicted molar refractivity (Wildman–Crippen MR) is 148 cm³/mol. The smallest absolute Gasteiger partial charge is 0.322 e. The van der Waals surface area contributed by atoms with E-state index in [4.69, 9.17) is 14.1 Å². The molecule has 10 heteroatoms. The fourth-order valence-corrected chi connectivity index (χ4v) is 5.75. The number of hydrogen-bond donors (Lipinski definition) is 2. The van der Waals surface area contributed by atoms with Crippen LogP contribution in [0.2, 0.25) is 0 Å². The molecule has 1 atom stereocenters. The molecule has 40 heavy (non-hydrogen) atoms. The number of methoxy groups -OCH3 is 1. The van der Waals surface area contributed by atoms with Crippen molar-refractivity contribution in [3.05, 3.63) is 75.8 Å². The SMILES string of the molecule is COc1ccc2c(c1)C(=O)N(CC1(c3cc4nc(C5=C(C)N(C)CCC(C)=C5C)ccc4o3)NC(=O)NC1=O)C2. The molecule has 1 unspecified atom stereocenters. The summed E-state index contributed by atoms with van der Waals surface area (Å²) in [4.78, 5) is 47.7. The Bertz CT molecular complexity index is 1670. The van der Waals surface area contributed by atoms with Crippen LogP contribution in [0.5, 0.6) is 5.75 Å². The number of furan rings is 1. The van der Waals surface area contributed by atoms with Gasteiger partial charge in [0.05, 0.1) is 19.3 Å². The molecule has 0 saturated carbocycles. The monoisotopic (exact) mass is 541 g/mol. The fourth-order valence-electron chi connectivity index (χ4n) is 5.75. The first kappa shape index (κ1) is 25.7. The molecule has 0 bridgehead atoms. The Morgan fingerprint density at radius 2 is 1.90 bits per heavy atom. The maximum Gasteiger partial charge on any atom is 0.322 e. The zero-order chi connectivity index (χ0) is 28.3. The van der Waals surface area contributed by atoms with Gasteiger partial charge in [0.2, 0.25) is 0 Å². The minimum Gasteiger partial charge on any atom is -0.497 e. The summed E-state index contributed by atoms with van der Waals surface area (Å²) in [5.41, 5.74) is 6.26. The Morgan fingerprint density at radius 3 is 2.62 bits per heavy atom. The molecule has 3 aliphatic rings. The minimum atomic E-state index is -1.61. The van der Waals surface area contributed by atoms with Gasteiger partial charge in [-0.25, -0.2) is 9.78 Å². The summed E-state index contributed by atoms with van der Waals surface area (Å²) in [6.07, 6.45) is 0.977. The third kappa shape index (κ3) is 3.93. The first-order valence-corrected chi connectivity index (χ1v) is 13.2. The lowest BCUT2D eigenvalue weighted by molar-refractivity contribution is -0.125. The second-order valence-electron chi connectivity index (χ2n) is 10.7. The van der Waals surface area contributed by atoms with E-state index in [2.05, 4.69) is 43.4 Å². The van der Waals surface area contributed by atoms with Crippen LogP contribution in [0.3, 0.4) is 0 Å². The number of hydrogen-bond acceptors (Lipinski definition) is 7. The average molecular weight is 542 g/mol. The molecular formula is C30H31N5O5. The van der Waals surface area contributed by atoms with Crippen molar-refractivity contribution in [1.29, 1.82) is 0 Å². The van der Waals surface area contributed by atoms with E-state index < -0.39 is 17.5 Å². The molecule has 5 heterocycles. The zero-order valence-corrected chi connectivity index (χ0v) is 23.2. The van der Waals surface area contributed by atoms with Gasteiger partial charge in [0, 0.05) is 43.0 Å². The predicted octanol–water partition coefficient (Wildman–Crippen LogP) is 3.93. The van der Waals surface area contributed by atoms with Crippen LogP contribution in [-0.4, -0.2) is 59.9 Å². The molecule has 0 aliphatic carbocycles. The van der Waals surface area contributed by atoms with Gasteiger partial charge >= 0.3 is 6.03 Å². The Kier molecular flexibility index (Phi) is 5.94. The van der Waals surface area contributed by atoms with E-state index in [1.807, 2.05) is 18.2 Å². The summed E-state index contributed by atoms with van der Waals surface area (Å²) in [6.45, 7) is 7.47. The van der Waals surface area contributed by atoms with Gasteiger partial charge < -0.3 is 24.3 Å². The van der Waals surface area contributed by atoms with Gasteiger partial charge in [-0.3, -0.25) is 14.9 Å². The number of benzene rings is 1. The van der Waals surface area contributed by atoms with Crippen molar-refractivity contribution in [3.8, 4) is 5.75 Å². The summed E-state index contributed by atoms with van der Waals surface area (Å²) in [6, 6.07) is 10.1. The van der Waals surface area contributed by atoms with Gasteiger partial charge in [0.25, 0.3) is 11.8 Å². The number of aromatic nitrogens is 1. The zero-order valence-electron chi connectivity index (χ0n) is 23.2. The second kappa shape index (κ2) is 9.25. The van der Waals surface area contributed by atoms with Crippen molar-refractivity contribution in [2.75, 3.05) is 27.2 Å². The lowest BCUT2D eigenvalue weighted by Crippen LogP contribution is -2.52. The minimum absolute atomic E-state index is 0.108. The number of nitrogens with zero attached hydrogens (tertiary/aromatic N) is 3. The summed E-state index contributed by atoms with van der Waals surface area (Å²) in [7, 11) is 3.62. The molecule has 3 aliphatic heterocycles. The van der Waals surface area contributed by atoms with Crippen LogP contribution in [0, 0.1) is 0 Å². The van der Waals surface area contributed by atoms with E-state index in [-0.39, 0.29) is 24.8 Å². The molecule has 2 aromatic heterocycles. The third-order valence-electron chi connectivity index (χ3n) is 8.39. The quantitative estimate of drug-likeness (QED) is 0.470. The van der Waals surface area contributed by atoms with E-state index in [0.29, 0.717) is 22.4 Å². The van der Waals surface area contributed by atoms with Gasteiger partial charge in [0.15, 0.2) is 11.1 Å². The molecule has 10 nitrogen and oxygen atoms in total. The second-order valence-corrected chi connectivity index (χ2v) is 10.7. The summed E-state index contributed by atoms with van der Waals surface area (Å²) < 4.78 is 11.4. The molecule has 206 valence electrons. The Labute approximate surface area is 231 Å². The largest absolute Gasteiger partial charge is 0.497 e. The molecule has 1 saturated heterocycles. The van der Waals surface area contributed by atoms with Crippen molar-refractivity contribution in [2.24, 2.45) is 0 Å². The van der Waals surface area contributed by atoms with E-state index in [9.17, 15) is 14.4 Å². The van der Waals surface area contributed by atoms with Gasteiger partial charge in [-0.05, 0) is 62.6 Å². The van der Waals surface area contributed by atoms with Crippen LogP contribution in [0.4, 0.5) is 4.79 Å². The lowest BCUT2D eigenvalue weighted by Gasteiger charge is -2.28. The van der Waals surface area contributed by atoms with Crippen LogP contribution in [0.25, 0.3) is 16.7 Å². The Morgan fingerprint density at radius 1 is 1.10 bits per heavy atom. The number of rotatable bonds is 5. The highest BCUT2D eigenvalue weighted by atomic mass is 16.5. The van der Waals surface area contributed by atoms with Crippen LogP contribution in [-0.2, 0) is 16.9 Å². The topological polar surface area (TPSA) is 117 Å². The Hall–Kier alpha value is -4.60. The number of allylic oxidation sites excluding steroid dienone is 3. The first-order chi connectivity index (χ1) is 19.1. The molecular weight excluding hydrogens is 510 g/mol. The highest BCUT2D eigenvalue weighted by Gasteiger charge is 2.53. The van der Waals surface area contributed by atoms with Crippen molar-refractivity contribution >= 4 is 34.5 Å². The number of carbonyl (C=O) groups is 3. The van der Waals surface area contributed by atoms with E-state index >= 15 is 0 Å². The molecule has 0 spiro atoms. The summed E-state index contributed by atoms with van der Waals surface area (Å²) in [5, 5.41) is 5.06. The van der Waals surface area contributed by atoms with E-state index in [1.165, 1.54) is 23.2 Å². The number of imide groups is 1. The molecule has 1 fully saturated rings. The maximum absolute atomic E-state index is 13.3. The number of ether oxygens (including phenoxy) is 1. The van der Waals surface area contributed by atoms with Crippen LogP contribution in [0.1, 0.15) is 54.6 Å². The van der Waals surface area contributed by atoms with Crippen molar-refractivity contribution in [3.63, 3.8) is 0 Å². The number of nitrogens with one attached hydrogen (secondary N) is 2. The molecule has 3 aromatic rings. The average Bonchev–Trinajstić information content (AvgIpc) is 3.57. The first-order valence-electron chi connectivity index (χ1n) is 13.2. The molecule has 0 radical (unpaired) electrons. The number of pyridine rings is 1. The van der Waals surface area contributed by atoms with Crippen LogP contribution in [0.15, 0.2) is 57.7 Å². The maximum atomic E-state index is 13.3. The normalized spacial score (nSPS) is 21.3. The number of fused-ring (bicyclic) bond motifs is 2. The standard InChI is InChI=1S/C30H31N5O5/c1-16-10-11-34(4)18(3)26(17(16)2)22-8-9-24-23(31-22)13-25(40-24)30(28(37)32-29(38)33-30)15-35-14-19-6-7-20(39-5)12-21(19)27(35)36/h6-9,12-13H,10-11,14-15H2,1-5H3,(H2,32,33,37,38). The van der Waals surface area contributed by atoms with Crippen molar-refractivity contribution in [1.82, 2.24) is 25.4 Å². The molecule has 1 aromatic carbocycles. The van der Waals surface area contributed by atoms with Gasteiger partial charge in [-0.1, -0.05) is 11.6 Å². The highest BCUT2D eigenvalue weighted by molar-refractivity contribution is 6.08. The third-order valence-corrected chi connectivity index (χ3v) is 8.39. The van der Waals surface area contributed by atoms with Crippen molar-refractivity contribution in [2.45, 2.75) is 39.3 Å². The van der Waals surface area contributed by atoms with Crippen LogP contribution < -0.4 is 15.4 Å². The fraction of sp³-hybridized carbons (Fsp3) is 0.333. The number of carbonyl (C=O) groups excluding carboxylic acids is 3. The Balaban J connectivity index is 1.40. The van der Waals surface area contributed by atoms with Gasteiger partial charge in [-0.2, -0.15) is 0 Å². The molecule has 6 rings (SSSR count). The molecule has 2 N–H and O–H groups in total. The number of urea groups is 1. The number of amides is 4. The lowest BCUT2D eigenvalue weighted by atomic mass is 9.95. The van der Waals surface area contributed by atoms with Crippen molar-refractivity contribution < 1.29 is 23.5 Å². The summed E-state index contributed by atoms with van der Waals surface area (Å²) in [5.74, 6) is -0.0584. The molecule has 4 amide bonds. The van der Waals surface area contributed by atoms with Crippen LogP contribution >= 0.6 is 0 Å². The van der Waals surface area contributed by atoms with E-state index in [0.717, 1.165) is 35.5 Å². The van der Waals surface area contributed by atoms with Gasteiger partial charge in [-0.15, -0.1) is 0 Å². The van der Waals surface area contributed by atoms with E-state index in [1.54, 1.807) is 18.2 Å².